The number of rotatable bonds is 2. The Balaban J connectivity index is 2.36. The Morgan fingerprint density at radius 2 is 2.23 bits per heavy atom. The second-order valence-electron chi connectivity index (χ2n) is 2.56. The summed E-state index contributed by atoms with van der Waals surface area (Å²) in [7, 11) is 1.68. The largest absolute Gasteiger partial charge is 0.487 e. The van der Waals surface area contributed by atoms with Crippen molar-refractivity contribution in [3.05, 3.63) is 36.7 Å². The first-order valence-electron chi connectivity index (χ1n) is 3.94. The fraction of sp³-hybridized carbons (Fsp3) is 0.100. The van der Waals surface area contributed by atoms with Crippen molar-refractivity contribution in [1.29, 1.82) is 0 Å². The molecule has 0 aliphatic carbocycles. The maximum absolute atomic E-state index is 5.11. The summed E-state index contributed by atoms with van der Waals surface area (Å²) in [6.07, 6.45) is 3.62. The molecule has 2 rings (SSSR count). The van der Waals surface area contributed by atoms with Crippen LogP contribution < -0.4 is 4.74 Å². The number of hydrogen-bond acceptors (Lipinski definition) is 3. The second kappa shape index (κ2) is 3.58. The number of ether oxygens (including phenoxy) is 1. The van der Waals surface area contributed by atoms with Gasteiger partial charge in [-0.05, 0) is 18.2 Å². The van der Waals surface area contributed by atoms with Gasteiger partial charge in [0.2, 0.25) is 0 Å². The molecule has 0 radical (unpaired) electrons. The molecule has 0 aromatic carbocycles. The number of pyridine rings is 1. The molecule has 0 aliphatic rings. The van der Waals surface area contributed by atoms with Crippen molar-refractivity contribution in [2.24, 2.45) is 0 Å². The smallest absolute Gasteiger partial charge is 0.173 e. The fourth-order valence-electron chi connectivity index (χ4n) is 1.09. The fourth-order valence-corrected chi connectivity index (χ4v) is 1.90. The van der Waals surface area contributed by atoms with Gasteiger partial charge in [0.15, 0.2) is 5.06 Å². The molecule has 0 bridgehead atoms. The van der Waals surface area contributed by atoms with Gasteiger partial charge in [-0.25, -0.2) is 0 Å². The summed E-state index contributed by atoms with van der Waals surface area (Å²) >= 11 is 1.62. The van der Waals surface area contributed by atoms with Gasteiger partial charge >= 0.3 is 0 Å². The van der Waals surface area contributed by atoms with Crippen LogP contribution in [0, 0.1) is 0 Å². The van der Waals surface area contributed by atoms with Gasteiger partial charge in [-0.3, -0.25) is 4.98 Å². The van der Waals surface area contributed by atoms with Crippen molar-refractivity contribution < 1.29 is 4.74 Å². The Labute approximate surface area is 80.8 Å². The minimum absolute atomic E-state index is 0.929. The van der Waals surface area contributed by atoms with Gasteiger partial charge in [0.25, 0.3) is 0 Å². The first-order chi connectivity index (χ1) is 6.40. The van der Waals surface area contributed by atoms with Gasteiger partial charge in [-0.15, -0.1) is 0 Å². The lowest BCUT2D eigenvalue weighted by atomic mass is 10.2. The third kappa shape index (κ3) is 1.70. The van der Waals surface area contributed by atoms with Crippen LogP contribution in [0.1, 0.15) is 0 Å². The Hall–Kier alpha value is -1.35. The zero-order chi connectivity index (χ0) is 9.10. The van der Waals surface area contributed by atoms with E-state index in [0.717, 1.165) is 10.6 Å². The van der Waals surface area contributed by atoms with Crippen LogP contribution in [-0.2, 0) is 0 Å². The van der Waals surface area contributed by atoms with E-state index in [9.17, 15) is 0 Å². The van der Waals surface area contributed by atoms with E-state index in [1.54, 1.807) is 24.6 Å². The molecular formula is C10H9NOS. The molecular weight excluding hydrogens is 182 g/mol. The average molecular weight is 191 g/mol. The monoisotopic (exact) mass is 191 g/mol. The zero-order valence-electron chi connectivity index (χ0n) is 7.23. The molecule has 0 fully saturated rings. The predicted molar refractivity (Wildman–Crippen MR) is 54.1 cm³/mol. The average Bonchev–Trinajstić information content (AvgIpc) is 2.67. The minimum Gasteiger partial charge on any atom is -0.487 e. The van der Waals surface area contributed by atoms with Crippen molar-refractivity contribution in [2.45, 2.75) is 0 Å². The SMILES string of the molecule is COc1ccc(-c2cccnc2)s1. The molecule has 0 saturated heterocycles. The Kier molecular flexibility index (Phi) is 2.27. The van der Waals surface area contributed by atoms with E-state index >= 15 is 0 Å². The lowest BCUT2D eigenvalue weighted by Crippen LogP contribution is -1.74. The van der Waals surface area contributed by atoms with Gasteiger partial charge in [0.05, 0.1) is 7.11 Å². The Morgan fingerprint density at radius 3 is 2.85 bits per heavy atom. The molecule has 0 aliphatic heterocycles. The quantitative estimate of drug-likeness (QED) is 0.728. The van der Waals surface area contributed by atoms with Crippen LogP contribution in [0.15, 0.2) is 36.7 Å². The van der Waals surface area contributed by atoms with Crippen molar-refractivity contribution in [3.63, 3.8) is 0 Å². The molecule has 13 heavy (non-hydrogen) atoms. The first-order valence-corrected chi connectivity index (χ1v) is 4.76. The highest BCUT2D eigenvalue weighted by Gasteiger charge is 2.01. The maximum Gasteiger partial charge on any atom is 0.173 e. The molecule has 66 valence electrons. The van der Waals surface area contributed by atoms with Gasteiger partial charge in [-0.2, -0.15) is 0 Å². The van der Waals surface area contributed by atoms with Crippen LogP contribution in [0.25, 0.3) is 10.4 Å². The van der Waals surface area contributed by atoms with Crippen molar-refractivity contribution in [1.82, 2.24) is 4.98 Å². The third-order valence-electron chi connectivity index (χ3n) is 1.73. The molecule has 3 heteroatoms. The lowest BCUT2D eigenvalue weighted by molar-refractivity contribution is 0.427. The zero-order valence-corrected chi connectivity index (χ0v) is 8.04. The van der Waals surface area contributed by atoms with Gasteiger partial charge in [0.1, 0.15) is 0 Å². The third-order valence-corrected chi connectivity index (χ3v) is 2.82. The highest BCUT2D eigenvalue weighted by atomic mass is 32.1. The molecule has 2 heterocycles. The number of nitrogens with zero attached hydrogens (tertiary/aromatic N) is 1. The second-order valence-corrected chi connectivity index (χ2v) is 3.61. The molecule has 2 aromatic heterocycles. The van der Waals surface area contributed by atoms with Crippen molar-refractivity contribution in [3.8, 4) is 15.5 Å². The number of hydrogen-bond donors (Lipinski definition) is 0. The summed E-state index contributed by atoms with van der Waals surface area (Å²) in [4.78, 5) is 5.25. The van der Waals surface area contributed by atoms with Gasteiger partial charge in [0, 0.05) is 22.8 Å². The van der Waals surface area contributed by atoms with E-state index < -0.39 is 0 Å². The summed E-state index contributed by atoms with van der Waals surface area (Å²) in [5, 5.41) is 0.929. The van der Waals surface area contributed by atoms with Crippen molar-refractivity contribution in [2.75, 3.05) is 7.11 Å². The molecule has 2 aromatic rings. The number of aromatic nitrogens is 1. The minimum atomic E-state index is 0.929. The predicted octanol–water partition coefficient (Wildman–Crippen LogP) is 2.82. The molecule has 0 unspecified atom stereocenters. The summed E-state index contributed by atoms with van der Waals surface area (Å²) in [5.74, 6) is 0. The normalized spacial score (nSPS) is 9.92. The molecule has 0 N–H and O–H groups in total. The molecule has 0 spiro atoms. The van der Waals surface area contributed by atoms with E-state index in [4.69, 9.17) is 4.74 Å². The van der Waals surface area contributed by atoms with E-state index in [0.29, 0.717) is 0 Å². The lowest BCUT2D eigenvalue weighted by Gasteiger charge is -1.94. The number of methoxy groups -OCH3 is 1. The van der Waals surface area contributed by atoms with Gasteiger partial charge in [-0.1, -0.05) is 17.4 Å². The highest BCUT2D eigenvalue weighted by molar-refractivity contribution is 7.17. The molecule has 0 saturated carbocycles. The van der Waals surface area contributed by atoms with Crippen LogP contribution in [0.5, 0.6) is 5.06 Å². The van der Waals surface area contributed by atoms with Crippen LogP contribution in [0.4, 0.5) is 0 Å². The van der Waals surface area contributed by atoms with Crippen molar-refractivity contribution >= 4 is 11.3 Å². The maximum atomic E-state index is 5.11. The van der Waals surface area contributed by atoms with E-state index in [1.807, 2.05) is 30.5 Å². The molecule has 0 amide bonds. The summed E-state index contributed by atoms with van der Waals surface area (Å²) in [6.45, 7) is 0. The number of thiophene rings is 1. The van der Waals surface area contributed by atoms with Crippen LogP contribution in [-0.4, -0.2) is 12.1 Å². The topological polar surface area (TPSA) is 22.1 Å². The summed E-state index contributed by atoms with van der Waals surface area (Å²) < 4.78 is 5.11. The Morgan fingerprint density at radius 1 is 1.31 bits per heavy atom. The van der Waals surface area contributed by atoms with E-state index in [1.165, 1.54) is 4.88 Å². The first kappa shape index (κ1) is 8.26. The van der Waals surface area contributed by atoms with Crippen LogP contribution in [0.2, 0.25) is 0 Å². The Bertz CT molecular complexity index is 383. The van der Waals surface area contributed by atoms with Crippen LogP contribution in [0.3, 0.4) is 0 Å². The van der Waals surface area contributed by atoms with E-state index in [2.05, 4.69) is 4.98 Å². The molecule has 2 nitrogen and oxygen atoms in total. The summed E-state index contributed by atoms with van der Waals surface area (Å²) in [5.41, 5.74) is 1.14. The standard InChI is InChI=1S/C10H9NOS/c1-12-10-5-4-9(13-10)8-3-2-6-11-7-8/h2-7H,1H3. The van der Waals surface area contributed by atoms with Gasteiger partial charge < -0.3 is 4.74 Å². The highest BCUT2D eigenvalue weighted by Crippen LogP contribution is 2.31. The van der Waals surface area contributed by atoms with Crippen LogP contribution >= 0.6 is 11.3 Å². The van der Waals surface area contributed by atoms with E-state index in [-0.39, 0.29) is 0 Å². The summed E-state index contributed by atoms with van der Waals surface area (Å²) in [6, 6.07) is 7.98. The molecule has 0 atom stereocenters.